The van der Waals surface area contributed by atoms with Crippen LogP contribution >= 0.6 is 0 Å². The molecule has 82 valence electrons. The van der Waals surface area contributed by atoms with Gasteiger partial charge in [0.25, 0.3) is 5.56 Å². The molecule has 2 rings (SSSR count). The summed E-state index contributed by atoms with van der Waals surface area (Å²) in [7, 11) is 3.43. The number of aromatic nitrogens is 2. The zero-order chi connectivity index (χ0) is 11.5. The summed E-state index contributed by atoms with van der Waals surface area (Å²) in [5, 5.41) is 7.24. The van der Waals surface area contributed by atoms with E-state index >= 15 is 0 Å². The topological polar surface area (TPSA) is 46.9 Å². The Morgan fingerprint density at radius 3 is 2.56 bits per heavy atom. The second-order valence-corrected chi connectivity index (χ2v) is 3.48. The summed E-state index contributed by atoms with van der Waals surface area (Å²) in [6.45, 7) is 0. The molecule has 0 aliphatic rings. The summed E-state index contributed by atoms with van der Waals surface area (Å²) < 4.78 is 1.34. The van der Waals surface area contributed by atoms with Crippen molar-refractivity contribution in [1.29, 1.82) is 0 Å². The van der Waals surface area contributed by atoms with Crippen LogP contribution in [0.3, 0.4) is 0 Å². The number of aryl methyl sites for hydroxylation is 1. The highest BCUT2D eigenvalue weighted by molar-refractivity contribution is 5.73. The SMILES string of the molecule is CNc1cc(=O)n(C)nc1-c1ccccc1. The molecule has 0 aliphatic heterocycles. The minimum Gasteiger partial charge on any atom is -0.386 e. The molecule has 0 radical (unpaired) electrons. The maximum absolute atomic E-state index is 11.4. The molecule has 4 heteroatoms. The number of benzene rings is 1. The van der Waals surface area contributed by atoms with Gasteiger partial charge >= 0.3 is 0 Å². The minimum absolute atomic E-state index is 0.121. The Labute approximate surface area is 93.5 Å². The fourth-order valence-electron chi connectivity index (χ4n) is 1.54. The van der Waals surface area contributed by atoms with Crippen molar-refractivity contribution in [1.82, 2.24) is 9.78 Å². The van der Waals surface area contributed by atoms with E-state index in [4.69, 9.17) is 0 Å². The molecule has 0 saturated carbocycles. The standard InChI is InChI=1S/C12H13N3O/c1-13-10-8-11(16)15(2)14-12(10)9-6-4-3-5-7-9/h3-8,13H,1-2H3. The average Bonchev–Trinajstić information content (AvgIpc) is 2.33. The minimum atomic E-state index is -0.121. The Morgan fingerprint density at radius 1 is 1.25 bits per heavy atom. The Bertz CT molecular complexity index is 546. The summed E-state index contributed by atoms with van der Waals surface area (Å²) in [5.74, 6) is 0. The number of rotatable bonds is 2. The Balaban J connectivity index is 2.65. The van der Waals surface area contributed by atoms with Crippen molar-refractivity contribution in [3.8, 4) is 11.3 Å². The van der Waals surface area contributed by atoms with Gasteiger partial charge in [-0.15, -0.1) is 0 Å². The second-order valence-electron chi connectivity index (χ2n) is 3.48. The van der Waals surface area contributed by atoms with Gasteiger partial charge < -0.3 is 5.32 Å². The van der Waals surface area contributed by atoms with Gasteiger partial charge in [0.2, 0.25) is 0 Å². The molecular formula is C12H13N3O. The third-order valence-electron chi connectivity index (χ3n) is 2.41. The molecule has 1 aromatic heterocycles. The van der Waals surface area contributed by atoms with E-state index in [0.717, 1.165) is 16.9 Å². The molecule has 1 N–H and O–H groups in total. The van der Waals surface area contributed by atoms with Crippen LogP contribution in [0.15, 0.2) is 41.2 Å². The predicted octanol–water partition coefficient (Wildman–Crippen LogP) is 1.49. The molecule has 1 aromatic carbocycles. The van der Waals surface area contributed by atoms with Gasteiger partial charge in [-0.1, -0.05) is 30.3 Å². The van der Waals surface area contributed by atoms with E-state index < -0.39 is 0 Å². The fourth-order valence-corrected chi connectivity index (χ4v) is 1.54. The van der Waals surface area contributed by atoms with Crippen LogP contribution in [0.2, 0.25) is 0 Å². The first-order chi connectivity index (χ1) is 7.72. The Hall–Kier alpha value is -2.10. The molecule has 0 fully saturated rings. The third-order valence-corrected chi connectivity index (χ3v) is 2.41. The monoisotopic (exact) mass is 215 g/mol. The third kappa shape index (κ3) is 1.82. The van der Waals surface area contributed by atoms with Crippen molar-refractivity contribution in [3.63, 3.8) is 0 Å². The smallest absolute Gasteiger partial charge is 0.268 e. The number of nitrogens with zero attached hydrogens (tertiary/aromatic N) is 2. The van der Waals surface area contributed by atoms with Gasteiger partial charge in [0.1, 0.15) is 5.69 Å². The van der Waals surface area contributed by atoms with Crippen LogP contribution in [0.1, 0.15) is 0 Å². The maximum Gasteiger partial charge on any atom is 0.268 e. The van der Waals surface area contributed by atoms with E-state index in [1.54, 1.807) is 20.2 Å². The summed E-state index contributed by atoms with van der Waals surface area (Å²) in [5.41, 5.74) is 2.39. The van der Waals surface area contributed by atoms with Crippen LogP contribution in [0, 0.1) is 0 Å². The second kappa shape index (κ2) is 4.18. The van der Waals surface area contributed by atoms with Gasteiger partial charge in [-0.25, -0.2) is 4.68 Å². The van der Waals surface area contributed by atoms with E-state index in [1.165, 1.54) is 4.68 Å². The normalized spacial score (nSPS) is 10.1. The molecule has 4 nitrogen and oxygen atoms in total. The Kier molecular flexibility index (Phi) is 2.72. The van der Waals surface area contributed by atoms with Crippen molar-refractivity contribution >= 4 is 5.69 Å². The van der Waals surface area contributed by atoms with E-state index in [2.05, 4.69) is 10.4 Å². The van der Waals surface area contributed by atoms with Crippen LogP contribution < -0.4 is 10.9 Å². The fraction of sp³-hybridized carbons (Fsp3) is 0.167. The highest BCUT2D eigenvalue weighted by atomic mass is 16.1. The number of hydrogen-bond acceptors (Lipinski definition) is 3. The molecule has 0 saturated heterocycles. The lowest BCUT2D eigenvalue weighted by molar-refractivity contribution is 0.713. The van der Waals surface area contributed by atoms with E-state index in [-0.39, 0.29) is 5.56 Å². The van der Waals surface area contributed by atoms with Gasteiger partial charge in [-0.2, -0.15) is 5.10 Å². The zero-order valence-electron chi connectivity index (χ0n) is 9.27. The van der Waals surface area contributed by atoms with Gasteiger partial charge in [0.15, 0.2) is 0 Å². The first-order valence-corrected chi connectivity index (χ1v) is 5.04. The average molecular weight is 215 g/mol. The quantitative estimate of drug-likeness (QED) is 0.825. The van der Waals surface area contributed by atoms with Crippen molar-refractivity contribution in [2.45, 2.75) is 0 Å². The molecule has 0 unspecified atom stereocenters. The summed E-state index contributed by atoms with van der Waals surface area (Å²) in [6.07, 6.45) is 0. The maximum atomic E-state index is 11.4. The van der Waals surface area contributed by atoms with Gasteiger partial charge in [0.05, 0.1) is 5.69 Å². The number of anilines is 1. The van der Waals surface area contributed by atoms with Crippen molar-refractivity contribution in [3.05, 3.63) is 46.8 Å². The van der Waals surface area contributed by atoms with Gasteiger partial charge in [-0.3, -0.25) is 4.79 Å². The lowest BCUT2D eigenvalue weighted by atomic mass is 10.1. The van der Waals surface area contributed by atoms with Crippen molar-refractivity contribution < 1.29 is 0 Å². The highest BCUT2D eigenvalue weighted by Crippen LogP contribution is 2.22. The van der Waals surface area contributed by atoms with Crippen LogP contribution in [0.5, 0.6) is 0 Å². The molecule has 2 aromatic rings. The van der Waals surface area contributed by atoms with Crippen LogP contribution in [-0.2, 0) is 7.05 Å². The van der Waals surface area contributed by atoms with E-state index in [1.807, 2.05) is 30.3 Å². The lowest BCUT2D eigenvalue weighted by Gasteiger charge is -2.09. The highest BCUT2D eigenvalue weighted by Gasteiger charge is 2.07. The van der Waals surface area contributed by atoms with Gasteiger partial charge in [-0.05, 0) is 0 Å². The largest absolute Gasteiger partial charge is 0.386 e. The molecule has 0 aliphatic carbocycles. The van der Waals surface area contributed by atoms with Crippen LogP contribution in [0.4, 0.5) is 5.69 Å². The number of nitrogens with one attached hydrogen (secondary N) is 1. The molecule has 0 amide bonds. The van der Waals surface area contributed by atoms with E-state index in [9.17, 15) is 4.79 Å². The molecule has 0 spiro atoms. The summed E-state index contributed by atoms with van der Waals surface area (Å²) in [6, 6.07) is 11.3. The molecular weight excluding hydrogens is 202 g/mol. The van der Waals surface area contributed by atoms with E-state index in [0.29, 0.717) is 0 Å². The number of hydrogen-bond donors (Lipinski definition) is 1. The molecule has 16 heavy (non-hydrogen) atoms. The summed E-state index contributed by atoms with van der Waals surface area (Å²) >= 11 is 0. The molecule has 0 atom stereocenters. The molecule has 1 heterocycles. The lowest BCUT2D eigenvalue weighted by Crippen LogP contribution is -2.20. The Morgan fingerprint density at radius 2 is 1.94 bits per heavy atom. The van der Waals surface area contributed by atoms with Crippen molar-refractivity contribution in [2.24, 2.45) is 7.05 Å². The first-order valence-electron chi connectivity index (χ1n) is 5.04. The van der Waals surface area contributed by atoms with Crippen LogP contribution in [-0.4, -0.2) is 16.8 Å². The predicted molar refractivity (Wildman–Crippen MR) is 64.5 cm³/mol. The van der Waals surface area contributed by atoms with Crippen molar-refractivity contribution in [2.75, 3.05) is 12.4 Å². The van der Waals surface area contributed by atoms with Gasteiger partial charge in [0, 0.05) is 25.7 Å². The molecule has 0 bridgehead atoms. The zero-order valence-corrected chi connectivity index (χ0v) is 9.27. The van der Waals surface area contributed by atoms with Crippen LogP contribution in [0.25, 0.3) is 11.3 Å². The summed E-state index contributed by atoms with van der Waals surface area (Å²) in [4.78, 5) is 11.4. The first kappa shape index (κ1) is 10.4.